The fourth-order valence-corrected chi connectivity index (χ4v) is 3.01. The van der Waals surface area contributed by atoms with Crippen molar-refractivity contribution in [2.45, 2.75) is 13.2 Å². The average molecular weight is 421 g/mol. The number of esters is 1. The van der Waals surface area contributed by atoms with Gasteiger partial charge in [0.1, 0.15) is 19.5 Å². The molecule has 10 nitrogen and oxygen atoms in total. The summed E-state index contributed by atoms with van der Waals surface area (Å²) in [5.74, 6) is 0.498. The van der Waals surface area contributed by atoms with Crippen LogP contribution in [0, 0.1) is 0 Å². The van der Waals surface area contributed by atoms with Crippen LogP contribution in [-0.2, 0) is 22.7 Å². The van der Waals surface area contributed by atoms with Crippen LogP contribution in [0.1, 0.15) is 5.56 Å². The Hall–Kier alpha value is -4.21. The van der Waals surface area contributed by atoms with Crippen LogP contribution in [0.25, 0.3) is 16.9 Å². The van der Waals surface area contributed by atoms with Gasteiger partial charge in [0.05, 0.1) is 19.9 Å². The topological polar surface area (TPSA) is 110 Å². The predicted octanol–water partition coefficient (Wildman–Crippen LogP) is 1.74. The number of benzene rings is 2. The molecule has 0 bridgehead atoms. The monoisotopic (exact) mass is 421 g/mol. The standard InChI is InChI=1S/C21H19N5O5/c1-29-16-9-8-15(10-17(16)30-2)26-20-19(23-24-26)21(28)25(13-22-20)11-18(27)31-12-14-6-4-3-5-7-14/h3-10,13H,11-12H2,1-2H3. The highest BCUT2D eigenvalue weighted by Gasteiger charge is 2.16. The highest BCUT2D eigenvalue weighted by atomic mass is 16.5. The van der Waals surface area contributed by atoms with E-state index in [-0.39, 0.29) is 24.3 Å². The van der Waals surface area contributed by atoms with Crippen molar-refractivity contribution in [1.29, 1.82) is 0 Å². The second kappa shape index (κ2) is 8.66. The predicted molar refractivity (Wildman–Crippen MR) is 110 cm³/mol. The lowest BCUT2D eigenvalue weighted by atomic mass is 10.2. The third-order valence-electron chi connectivity index (χ3n) is 4.58. The number of rotatable bonds is 7. The van der Waals surface area contributed by atoms with E-state index in [1.807, 2.05) is 30.3 Å². The van der Waals surface area contributed by atoms with Crippen molar-refractivity contribution in [3.63, 3.8) is 0 Å². The van der Waals surface area contributed by atoms with E-state index in [1.165, 1.54) is 25.2 Å². The quantitative estimate of drug-likeness (QED) is 0.415. The zero-order chi connectivity index (χ0) is 21.8. The molecule has 4 rings (SSSR count). The van der Waals surface area contributed by atoms with E-state index in [4.69, 9.17) is 14.2 Å². The van der Waals surface area contributed by atoms with Gasteiger partial charge in [-0.05, 0) is 17.7 Å². The first-order valence-corrected chi connectivity index (χ1v) is 9.33. The van der Waals surface area contributed by atoms with E-state index in [9.17, 15) is 9.59 Å². The Bertz CT molecular complexity index is 1280. The molecule has 31 heavy (non-hydrogen) atoms. The third kappa shape index (κ3) is 4.08. The normalized spacial score (nSPS) is 10.8. The van der Waals surface area contributed by atoms with Gasteiger partial charge in [0, 0.05) is 6.07 Å². The molecule has 2 heterocycles. The highest BCUT2D eigenvalue weighted by molar-refractivity contribution is 5.72. The Morgan fingerprint density at radius 2 is 1.81 bits per heavy atom. The van der Waals surface area contributed by atoms with Crippen molar-refractivity contribution in [2.75, 3.05) is 14.2 Å². The largest absolute Gasteiger partial charge is 0.493 e. The third-order valence-corrected chi connectivity index (χ3v) is 4.58. The zero-order valence-corrected chi connectivity index (χ0v) is 16.9. The van der Waals surface area contributed by atoms with Crippen LogP contribution in [0.2, 0.25) is 0 Å². The van der Waals surface area contributed by atoms with Crippen molar-refractivity contribution in [3.05, 3.63) is 70.8 Å². The van der Waals surface area contributed by atoms with E-state index >= 15 is 0 Å². The van der Waals surface area contributed by atoms with Gasteiger partial charge in [-0.25, -0.2) is 4.98 Å². The lowest BCUT2D eigenvalue weighted by Crippen LogP contribution is -2.26. The number of carbonyl (C=O) groups is 1. The van der Waals surface area contributed by atoms with Gasteiger partial charge in [-0.15, -0.1) is 5.10 Å². The molecule has 2 aromatic carbocycles. The molecular formula is C21H19N5O5. The van der Waals surface area contributed by atoms with E-state index in [1.54, 1.807) is 18.2 Å². The van der Waals surface area contributed by atoms with Gasteiger partial charge in [0.2, 0.25) is 0 Å². The minimum absolute atomic E-state index is 0.0353. The summed E-state index contributed by atoms with van der Waals surface area (Å²) < 4.78 is 18.3. The molecule has 0 amide bonds. The fourth-order valence-electron chi connectivity index (χ4n) is 3.01. The first-order chi connectivity index (χ1) is 15.1. The summed E-state index contributed by atoms with van der Waals surface area (Å²) >= 11 is 0. The SMILES string of the molecule is COc1ccc(-n2nnc3c(=O)n(CC(=O)OCc4ccccc4)cnc32)cc1OC. The zero-order valence-electron chi connectivity index (χ0n) is 16.9. The van der Waals surface area contributed by atoms with Crippen molar-refractivity contribution in [2.24, 2.45) is 0 Å². The molecule has 0 unspecified atom stereocenters. The molecule has 0 aliphatic rings. The number of carbonyl (C=O) groups excluding carboxylic acids is 1. The smallest absolute Gasteiger partial charge is 0.326 e. The summed E-state index contributed by atoms with van der Waals surface area (Å²) in [5, 5.41) is 7.98. The van der Waals surface area contributed by atoms with Crippen molar-refractivity contribution >= 4 is 17.1 Å². The maximum Gasteiger partial charge on any atom is 0.326 e. The molecule has 0 saturated heterocycles. The molecule has 0 fully saturated rings. The maximum absolute atomic E-state index is 12.8. The number of hydrogen-bond donors (Lipinski definition) is 0. The van der Waals surface area contributed by atoms with Crippen LogP contribution in [-0.4, -0.2) is 44.7 Å². The van der Waals surface area contributed by atoms with Gasteiger partial charge in [-0.3, -0.25) is 14.2 Å². The Morgan fingerprint density at radius 1 is 1.03 bits per heavy atom. The van der Waals surface area contributed by atoms with Crippen LogP contribution in [0.15, 0.2) is 59.7 Å². The van der Waals surface area contributed by atoms with Gasteiger partial charge in [0.25, 0.3) is 5.56 Å². The average Bonchev–Trinajstić information content (AvgIpc) is 3.24. The summed E-state index contributed by atoms with van der Waals surface area (Å²) in [6.45, 7) is -0.155. The van der Waals surface area contributed by atoms with Crippen LogP contribution >= 0.6 is 0 Å². The van der Waals surface area contributed by atoms with Crippen molar-refractivity contribution in [3.8, 4) is 17.2 Å². The van der Waals surface area contributed by atoms with Gasteiger partial charge in [-0.1, -0.05) is 35.5 Å². The van der Waals surface area contributed by atoms with Crippen molar-refractivity contribution < 1.29 is 19.0 Å². The Balaban J connectivity index is 1.57. The molecule has 0 saturated carbocycles. The number of nitrogens with zero attached hydrogens (tertiary/aromatic N) is 5. The molecule has 4 aromatic rings. The Morgan fingerprint density at radius 3 is 2.55 bits per heavy atom. The summed E-state index contributed by atoms with van der Waals surface area (Å²) in [6.07, 6.45) is 1.27. The van der Waals surface area contributed by atoms with Gasteiger partial charge < -0.3 is 14.2 Å². The van der Waals surface area contributed by atoms with E-state index < -0.39 is 11.5 Å². The lowest BCUT2D eigenvalue weighted by Gasteiger charge is -2.09. The molecule has 158 valence electrons. The number of ether oxygens (including phenoxy) is 3. The molecule has 0 spiro atoms. The van der Waals surface area contributed by atoms with Crippen molar-refractivity contribution in [1.82, 2.24) is 24.5 Å². The van der Waals surface area contributed by atoms with Gasteiger partial charge in [-0.2, -0.15) is 4.68 Å². The molecule has 0 N–H and O–H groups in total. The highest BCUT2D eigenvalue weighted by Crippen LogP contribution is 2.29. The lowest BCUT2D eigenvalue weighted by molar-refractivity contribution is -0.145. The summed E-state index contributed by atoms with van der Waals surface area (Å²) in [4.78, 5) is 29.2. The molecular weight excluding hydrogens is 402 g/mol. The number of fused-ring (bicyclic) bond motifs is 1. The maximum atomic E-state index is 12.8. The molecule has 0 aliphatic carbocycles. The van der Waals surface area contributed by atoms with E-state index in [0.29, 0.717) is 17.2 Å². The van der Waals surface area contributed by atoms with E-state index in [2.05, 4.69) is 15.3 Å². The van der Waals surface area contributed by atoms with Crippen LogP contribution in [0.4, 0.5) is 0 Å². The second-order valence-corrected chi connectivity index (χ2v) is 6.54. The Kier molecular flexibility index (Phi) is 5.61. The molecule has 2 aromatic heterocycles. The molecule has 10 heteroatoms. The fraction of sp³-hybridized carbons (Fsp3) is 0.190. The molecule has 0 aliphatic heterocycles. The Labute approximate surface area is 176 Å². The molecule has 0 atom stereocenters. The summed E-state index contributed by atoms with van der Waals surface area (Å²) in [5.41, 5.74) is 1.24. The van der Waals surface area contributed by atoms with Crippen LogP contribution < -0.4 is 15.0 Å². The minimum atomic E-state index is -0.556. The van der Waals surface area contributed by atoms with Gasteiger partial charge in [0.15, 0.2) is 22.7 Å². The number of aromatic nitrogens is 5. The second-order valence-electron chi connectivity index (χ2n) is 6.54. The number of methoxy groups -OCH3 is 2. The summed E-state index contributed by atoms with van der Waals surface area (Å²) in [6, 6.07) is 14.4. The summed E-state index contributed by atoms with van der Waals surface area (Å²) in [7, 11) is 3.06. The van der Waals surface area contributed by atoms with E-state index in [0.717, 1.165) is 10.1 Å². The number of hydrogen-bond acceptors (Lipinski definition) is 8. The molecule has 0 radical (unpaired) electrons. The van der Waals surface area contributed by atoms with Crippen LogP contribution in [0.5, 0.6) is 11.5 Å². The minimum Gasteiger partial charge on any atom is -0.493 e. The van der Waals surface area contributed by atoms with Gasteiger partial charge >= 0.3 is 5.97 Å². The first-order valence-electron chi connectivity index (χ1n) is 9.33. The first kappa shape index (κ1) is 20.1. The van der Waals surface area contributed by atoms with Crippen LogP contribution in [0.3, 0.4) is 0 Å².